The number of ketones is 1. The molecule has 4 aliphatic carbocycles. The summed E-state index contributed by atoms with van der Waals surface area (Å²) in [5.74, 6) is 3.05. The van der Waals surface area contributed by atoms with Gasteiger partial charge in [0.2, 0.25) is 0 Å². The zero-order valence-corrected chi connectivity index (χ0v) is 19.6. The summed E-state index contributed by atoms with van der Waals surface area (Å²) in [5.41, 5.74) is 1.46. The van der Waals surface area contributed by atoms with E-state index in [4.69, 9.17) is 4.74 Å². The van der Waals surface area contributed by atoms with Crippen LogP contribution in [0.5, 0.6) is 0 Å². The lowest BCUT2D eigenvalue weighted by molar-refractivity contribution is -0.161. The molecule has 0 heterocycles. The van der Waals surface area contributed by atoms with Gasteiger partial charge in [-0.1, -0.05) is 41.9 Å². The highest BCUT2D eigenvalue weighted by molar-refractivity contribution is 9.05. The van der Waals surface area contributed by atoms with Gasteiger partial charge in [-0.2, -0.15) is 0 Å². The second-order valence-corrected chi connectivity index (χ2v) is 13.1. The van der Waals surface area contributed by atoms with Gasteiger partial charge in [0.25, 0.3) is 0 Å². The maximum absolute atomic E-state index is 12.1. The van der Waals surface area contributed by atoms with Crippen molar-refractivity contribution in [3.8, 4) is 0 Å². The van der Waals surface area contributed by atoms with Gasteiger partial charge in [-0.05, 0) is 89.4 Å². The molecule has 0 saturated heterocycles. The molecule has 3 saturated carbocycles. The van der Waals surface area contributed by atoms with Crippen LogP contribution in [0.2, 0.25) is 0 Å². The van der Waals surface area contributed by atoms with E-state index in [9.17, 15) is 9.90 Å². The number of aliphatic hydroxyl groups is 1. The highest BCUT2D eigenvalue weighted by atomic mass is 33.5. The average Bonchev–Trinajstić information content (AvgIpc) is 2.96. The first kappa shape index (κ1) is 21.6. The minimum atomic E-state index is -0.196. The van der Waals surface area contributed by atoms with E-state index in [0.717, 1.165) is 57.3 Å². The van der Waals surface area contributed by atoms with E-state index < -0.39 is 0 Å². The molecule has 0 aromatic heterocycles. The molecule has 4 rings (SSSR count). The maximum Gasteiger partial charge on any atom is 0.155 e. The fourth-order valence-electron chi connectivity index (χ4n) is 7.17. The first-order valence-electron chi connectivity index (χ1n) is 10.9. The summed E-state index contributed by atoms with van der Waals surface area (Å²) in [5, 5.41) is 10.8. The third kappa shape index (κ3) is 3.63. The lowest BCUT2D eigenvalue weighted by atomic mass is 9.46. The first-order valence-corrected chi connectivity index (χ1v) is 14.2. The van der Waals surface area contributed by atoms with Crippen molar-refractivity contribution in [1.82, 2.24) is 0 Å². The minimum Gasteiger partial charge on any atom is -0.393 e. The Morgan fingerprint density at radius 2 is 2.11 bits per heavy atom. The summed E-state index contributed by atoms with van der Waals surface area (Å²) in [6.07, 6.45) is 9.89. The Bertz CT molecular complexity index is 639. The molecule has 7 atom stereocenters. The van der Waals surface area contributed by atoms with E-state index in [1.165, 1.54) is 15.4 Å². The molecule has 1 N–H and O–H groups in total. The van der Waals surface area contributed by atoms with Crippen molar-refractivity contribution in [2.75, 3.05) is 12.4 Å². The van der Waals surface area contributed by atoms with E-state index >= 15 is 0 Å². The lowest BCUT2D eigenvalue weighted by Gasteiger charge is -2.60. The van der Waals surface area contributed by atoms with E-state index in [2.05, 4.69) is 25.5 Å². The normalized spacial score (nSPS) is 45.2. The Labute approximate surface area is 182 Å². The molecule has 3 nitrogen and oxygen atoms in total. The van der Waals surface area contributed by atoms with Gasteiger partial charge in [0.1, 0.15) is 0 Å². The van der Waals surface area contributed by atoms with Crippen molar-refractivity contribution >= 4 is 38.1 Å². The van der Waals surface area contributed by atoms with E-state index in [-0.39, 0.29) is 23.0 Å². The topological polar surface area (TPSA) is 46.5 Å². The third-order valence-electron chi connectivity index (χ3n) is 8.58. The molecule has 0 amide bonds. The molecule has 0 bridgehead atoms. The summed E-state index contributed by atoms with van der Waals surface area (Å²) in [6, 6.07) is 0. The number of carbonyl (C=O) groups is 1. The summed E-state index contributed by atoms with van der Waals surface area (Å²) < 4.78 is 6.59. The number of aliphatic hydroxyl groups excluding tert-OH is 1. The van der Waals surface area contributed by atoms with E-state index in [1.54, 1.807) is 10.8 Å². The van der Waals surface area contributed by atoms with E-state index in [0.29, 0.717) is 30.0 Å². The molecule has 0 spiro atoms. The molecule has 4 aliphatic rings. The van der Waals surface area contributed by atoms with Crippen LogP contribution in [0.3, 0.4) is 0 Å². The predicted octanol–water partition coefficient (Wildman–Crippen LogP) is 5.49. The van der Waals surface area contributed by atoms with Crippen molar-refractivity contribution in [2.24, 2.45) is 28.6 Å². The van der Waals surface area contributed by atoms with Crippen LogP contribution in [-0.2, 0) is 9.53 Å². The molecule has 3 fully saturated rings. The highest BCUT2D eigenvalue weighted by Gasteiger charge is 2.62. The van der Waals surface area contributed by atoms with Crippen LogP contribution in [0.15, 0.2) is 11.6 Å². The molecule has 28 heavy (non-hydrogen) atoms. The van der Waals surface area contributed by atoms with Crippen molar-refractivity contribution in [3.05, 3.63) is 11.6 Å². The zero-order chi connectivity index (χ0) is 19.9. The Balaban J connectivity index is 1.60. The molecule has 7 unspecified atom stereocenters. The van der Waals surface area contributed by atoms with Crippen LogP contribution in [0.25, 0.3) is 0 Å². The quantitative estimate of drug-likeness (QED) is 0.323. The molecule has 0 aromatic rings. The molecular weight excluding hydrogens is 408 g/mol. The second kappa shape index (κ2) is 8.49. The highest BCUT2D eigenvalue weighted by Crippen LogP contribution is 2.65. The molecule has 0 aromatic carbocycles. The summed E-state index contributed by atoms with van der Waals surface area (Å²) in [7, 11) is 3.28. The Morgan fingerprint density at radius 1 is 1.29 bits per heavy atom. The van der Waals surface area contributed by atoms with Gasteiger partial charge in [0, 0.05) is 18.8 Å². The van der Waals surface area contributed by atoms with Crippen molar-refractivity contribution in [1.29, 1.82) is 0 Å². The largest absolute Gasteiger partial charge is 0.393 e. The van der Waals surface area contributed by atoms with Crippen molar-refractivity contribution in [2.45, 2.75) is 77.4 Å². The number of carbonyl (C=O) groups excluding carboxylic acids is 1. The fourth-order valence-corrected chi connectivity index (χ4v) is 8.73. The number of thiol groups is 1. The maximum atomic E-state index is 12.1. The monoisotopic (exact) mass is 442 g/mol. The number of hydrogen-bond donors (Lipinski definition) is 2. The number of ether oxygens (including phenoxy) is 1. The number of hydrogen-bond acceptors (Lipinski definition) is 6. The summed E-state index contributed by atoms with van der Waals surface area (Å²) >= 11 is 4.19. The number of allylic oxidation sites excluding steroid dienone is 1. The minimum absolute atomic E-state index is 0.0103. The molecule has 0 radical (unpaired) electrons. The van der Waals surface area contributed by atoms with Crippen molar-refractivity contribution in [3.63, 3.8) is 0 Å². The first-order chi connectivity index (χ1) is 13.4. The smallest absolute Gasteiger partial charge is 0.155 e. The van der Waals surface area contributed by atoms with Crippen LogP contribution < -0.4 is 0 Å². The molecular formula is C22H34O3S3. The predicted molar refractivity (Wildman–Crippen MR) is 121 cm³/mol. The van der Waals surface area contributed by atoms with Crippen LogP contribution in [0.4, 0.5) is 0 Å². The van der Waals surface area contributed by atoms with Crippen LogP contribution in [0, 0.1) is 28.6 Å². The van der Waals surface area contributed by atoms with Gasteiger partial charge >= 0.3 is 0 Å². The number of rotatable bonds is 6. The number of fused-ring (bicyclic) bond motifs is 5. The standard InChI is InChI=1S/C22H34O3S3/c1-21-9-8-15(23)12-14(21)4-5-16-17-6-7-19(24)22(17,2)13-18(20(16)21)25-10-3-11-27-28-26/h12,16-20,24,26H,3-11,13H2,1-2H3. The van der Waals surface area contributed by atoms with Gasteiger partial charge in [-0.15, -0.1) is 0 Å². The zero-order valence-electron chi connectivity index (χ0n) is 17.1. The van der Waals surface area contributed by atoms with Gasteiger partial charge in [-0.25, -0.2) is 0 Å². The van der Waals surface area contributed by atoms with Gasteiger partial charge in [0.15, 0.2) is 5.78 Å². The second-order valence-electron chi connectivity index (χ2n) is 9.85. The lowest BCUT2D eigenvalue weighted by Crippen LogP contribution is -2.57. The molecule has 6 heteroatoms. The summed E-state index contributed by atoms with van der Waals surface area (Å²) in [4.78, 5) is 12.1. The van der Waals surface area contributed by atoms with Gasteiger partial charge < -0.3 is 9.84 Å². The van der Waals surface area contributed by atoms with Crippen LogP contribution in [-0.4, -0.2) is 35.5 Å². The van der Waals surface area contributed by atoms with Crippen LogP contribution in [0.1, 0.15) is 65.2 Å². The van der Waals surface area contributed by atoms with E-state index in [1.807, 2.05) is 6.08 Å². The summed E-state index contributed by atoms with van der Waals surface area (Å²) in [6.45, 7) is 5.49. The fraction of sp³-hybridized carbons (Fsp3) is 0.864. The molecule has 0 aliphatic heterocycles. The average molecular weight is 443 g/mol. The molecule has 158 valence electrons. The van der Waals surface area contributed by atoms with Gasteiger partial charge in [0.05, 0.1) is 12.2 Å². The SMILES string of the molecule is CC12CCC(=O)C=C1CCC1C2C(OCCCSSS)CC2(C)C(O)CCC12. The Morgan fingerprint density at radius 3 is 2.89 bits per heavy atom. The van der Waals surface area contributed by atoms with Gasteiger partial charge in [-0.3, -0.25) is 4.79 Å². The Kier molecular flexibility index (Phi) is 6.55. The van der Waals surface area contributed by atoms with Crippen molar-refractivity contribution < 1.29 is 14.6 Å². The Hall–Kier alpha value is 0.380. The van der Waals surface area contributed by atoms with Crippen LogP contribution >= 0.6 is 32.3 Å². The third-order valence-corrected chi connectivity index (χ3v) is 10.9.